The minimum atomic E-state index is -5.48. The third kappa shape index (κ3) is 3.79. The Kier molecular flexibility index (Phi) is 5.04. The lowest BCUT2D eigenvalue weighted by Gasteiger charge is -2.14. The van der Waals surface area contributed by atoms with Crippen molar-refractivity contribution in [2.75, 3.05) is 0 Å². The van der Waals surface area contributed by atoms with E-state index in [4.69, 9.17) is 5.26 Å². The average Bonchev–Trinajstić information content (AvgIpc) is 2.55. The van der Waals surface area contributed by atoms with E-state index in [2.05, 4.69) is 9.97 Å². The molecule has 0 unspecified atom stereocenters. The number of aromatic nitrogens is 2. The fraction of sp³-hybridized carbons (Fsp3) is 0.214. The quantitative estimate of drug-likeness (QED) is 0.535. The van der Waals surface area contributed by atoms with Gasteiger partial charge in [-0.25, -0.2) is 27.5 Å². The van der Waals surface area contributed by atoms with Crippen LogP contribution >= 0.6 is 0 Å². The molecule has 144 valence electrons. The first-order valence-electron chi connectivity index (χ1n) is 6.54. The molecule has 27 heavy (non-hydrogen) atoms. The van der Waals surface area contributed by atoms with Gasteiger partial charge in [-0.15, -0.1) is 0 Å². The van der Waals surface area contributed by atoms with Crippen LogP contribution in [0.4, 0.5) is 43.9 Å². The Hall–Kier alpha value is -2.91. The maximum atomic E-state index is 14.0. The number of rotatable bonds is 2. The highest BCUT2D eigenvalue weighted by molar-refractivity contribution is 5.59. The third-order valence-corrected chi connectivity index (χ3v) is 3.14. The standard InChI is InChI=1S/C14H3F10N3/c15-8-4(1-2-25)9(16)11(18)7(10(8)17)12-26-5(13(19,20)21)3-6(27-12)14(22,23)24/h3H,1H2. The van der Waals surface area contributed by atoms with Crippen LogP contribution in [0, 0.1) is 34.6 Å². The summed E-state index contributed by atoms with van der Waals surface area (Å²) in [6, 6.07) is 0.664. The second-order valence-electron chi connectivity index (χ2n) is 4.90. The first-order chi connectivity index (χ1) is 12.3. The van der Waals surface area contributed by atoms with Gasteiger partial charge in [-0.1, -0.05) is 0 Å². The van der Waals surface area contributed by atoms with E-state index in [1.807, 2.05) is 0 Å². The van der Waals surface area contributed by atoms with E-state index in [1.54, 1.807) is 0 Å². The van der Waals surface area contributed by atoms with Crippen LogP contribution in [0.25, 0.3) is 11.4 Å². The van der Waals surface area contributed by atoms with Crippen LogP contribution in [0.5, 0.6) is 0 Å². The molecule has 0 aliphatic heterocycles. The molecule has 0 amide bonds. The van der Waals surface area contributed by atoms with Crippen molar-refractivity contribution in [1.82, 2.24) is 9.97 Å². The largest absolute Gasteiger partial charge is 0.433 e. The maximum Gasteiger partial charge on any atom is 0.433 e. The summed E-state index contributed by atoms with van der Waals surface area (Å²) in [6.45, 7) is 0. The smallest absolute Gasteiger partial charge is 0.223 e. The van der Waals surface area contributed by atoms with Crippen molar-refractivity contribution >= 4 is 0 Å². The third-order valence-electron chi connectivity index (χ3n) is 3.14. The van der Waals surface area contributed by atoms with E-state index in [-0.39, 0.29) is 0 Å². The highest BCUT2D eigenvalue weighted by atomic mass is 19.4. The Morgan fingerprint density at radius 2 is 1.19 bits per heavy atom. The van der Waals surface area contributed by atoms with Crippen LogP contribution in [-0.4, -0.2) is 9.97 Å². The number of hydrogen-bond donors (Lipinski definition) is 0. The topological polar surface area (TPSA) is 49.6 Å². The van der Waals surface area contributed by atoms with E-state index in [9.17, 15) is 43.9 Å². The van der Waals surface area contributed by atoms with Gasteiger partial charge in [0.15, 0.2) is 29.1 Å². The molecule has 0 radical (unpaired) electrons. The zero-order chi connectivity index (χ0) is 20.7. The van der Waals surface area contributed by atoms with E-state index in [1.165, 1.54) is 6.07 Å². The lowest BCUT2D eigenvalue weighted by Crippen LogP contribution is -2.17. The monoisotopic (exact) mass is 403 g/mol. The molecule has 0 spiro atoms. The average molecular weight is 403 g/mol. The molecular formula is C14H3F10N3. The number of nitriles is 1. The highest BCUT2D eigenvalue weighted by Gasteiger charge is 2.40. The molecular weight excluding hydrogens is 400 g/mol. The fourth-order valence-corrected chi connectivity index (χ4v) is 1.96. The minimum Gasteiger partial charge on any atom is -0.223 e. The van der Waals surface area contributed by atoms with Crippen molar-refractivity contribution in [3.8, 4) is 17.5 Å². The Balaban J connectivity index is 2.88. The van der Waals surface area contributed by atoms with Gasteiger partial charge < -0.3 is 0 Å². The van der Waals surface area contributed by atoms with Gasteiger partial charge in [0.25, 0.3) is 0 Å². The number of hydrogen-bond acceptors (Lipinski definition) is 3. The van der Waals surface area contributed by atoms with Crippen molar-refractivity contribution in [1.29, 1.82) is 5.26 Å². The molecule has 0 aliphatic rings. The molecule has 0 bridgehead atoms. The fourth-order valence-electron chi connectivity index (χ4n) is 1.96. The number of alkyl halides is 6. The van der Waals surface area contributed by atoms with E-state index in [0.717, 1.165) is 0 Å². The maximum absolute atomic E-state index is 14.0. The highest BCUT2D eigenvalue weighted by Crippen LogP contribution is 2.37. The van der Waals surface area contributed by atoms with Crippen molar-refractivity contribution in [2.45, 2.75) is 18.8 Å². The minimum absolute atomic E-state index is 0.532. The summed E-state index contributed by atoms with van der Waals surface area (Å²) in [6.07, 6.45) is -12.1. The molecule has 0 N–H and O–H groups in total. The summed E-state index contributed by atoms with van der Waals surface area (Å²) in [7, 11) is 0. The summed E-state index contributed by atoms with van der Waals surface area (Å²) in [4.78, 5) is 5.11. The summed E-state index contributed by atoms with van der Waals surface area (Å²) in [5.74, 6) is -10.9. The van der Waals surface area contributed by atoms with Crippen LogP contribution in [0.3, 0.4) is 0 Å². The SMILES string of the molecule is N#CCc1c(F)c(F)c(-c2nc(C(F)(F)F)cc(C(F)(F)F)n2)c(F)c1F. The Morgan fingerprint density at radius 3 is 1.52 bits per heavy atom. The lowest BCUT2D eigenvalue weighted by molar-refractivity contribution is -0.147. The summed E-state index contributed by atoms with van der Waals surface area (Å²) in [5, 5.41) is 8.39. The Bertz CT molecular complexity index is 879. The molecule has 1 aromatic heterocycles. The van der Waals surface area contributed by atoms with Crippen LogP contribution in [0.1, 0.15) is 17.0 Å². The molecule has 2 rings (SSSR count). The molecule has 0 saturated carbocycles. The molecule has 2 aromatic rings. The number of halogens is 10. The molecule has 0 fully saturated rings. The molecule has 1 aromatic carbocycles. The van der Waals surface area contributed by atoms with Gasteiger partial charge in [0.1, 0.15) is 11.4 Å². The zero-order valence-electron chi connectivity index (χ0n) is 12.4. The van der Waals surface area contributed by atoms with Crippen LogP contribution < -0.4 is 0 Å². The molecule has 3 nitrogen and oxygen atoms in total. The predicted octanol–water partition coefficient (Wildman–Crippen LogP) is 4.80. The van der Waals surface area contributed by atoms with Crippen molar-refractivity contribution in [3.63, 3.8) is 0 Å². The predicted molar refractivity (Wildman–Crippen MR) is 66.6 cm³/mol. The Labute approximate surface area is 142 Å². The molecule has 0 aliphatic carbocycles. The lowest BCUT2D eigenvalue weighted by atomic mass is 10.0. The van der Waals surface area contributed by atoms with Gasteiger partial charge in [0.2, 0.25) is 0 Å². The van der Waals surface area contributed by atoms with Crippen molar-refractivity contribution < 1.29 is 43.9 Å². The van der Waals surface area contributed by atoms with E-state index < -0.39 is 76.4 Å². The van der Waals surface area contributed by atoms with Crippen LogP contribution in [0.2, 0.25) is 0 Å². The second kappa shape index (κ2) is 6.67. The van der Waals surface area contributed by atoms with Crippen LogP contribution in [-0.2, 0) is 18.8 Å². The molecule has 1 heterocycles. The second-order valence-corrected chi connectivity index (χ2v) is 4.90. The Morgan fingerprint density at radius 1 is 0.778 bits per heavy atom. The first-order valence-corrected chi connectivity index (χ1v) is 6.54. The van der Waals surface area contributed by atoms with Gasteiger partial charge >= 0.3 is 12.4 Å². The van der Waals surface area contributed by atoms with E-state index in [0.29, 0.717) is 0 Å². The van der Waals surface area contributed by atoms with Crippen LogP contribution in [0.15, 0.2) is 6.07 Å². The number of benzene rings is 1. The van der Waals surface area contributed by atoms with Crippen molar-refractivity contribution in [3.05, 3.63) is 46.3 Å². The molecule has 13 heteroatoms. The van der Waals surface area contributed by atoms with Gasteiger partial charge in [-0.05, 0) is 6.07 Å². The summed E-state index contributed by atoms with van der Waals surface area (Å²) in [5.41, 5.74) is -7.83. The van der Waals surface area contributed by atoms with Gasteiger partial charge in [0.05, 0.1) is 18.1 Å². The van der Waals surface area contributed by atoms with E-state index >= 15 is 0 Å². The molecule has 0 saturated heterocycles. The van der Waals surface area contributed by atoms with Gasteiger partial charge in [0, 0.05) is 5.56 Å². The van der Waals surface area contributed by atoms with Gasteiger partial charge in [-0.3, -0.25) is 0 Å². The zero-order valence-corrected chi connectivity index (χ0v) is 12.4. The summed E-state index contributed by atoms with van der Waals surface area (Å²) < 4.78 is 132. The first kappa shape index (κ1) is 20.4. The summed E-state index contributed by atoms with van der Waals surface area (Å²) >= 11 is 0. The van der Waals surface area contributed by atoms with Gasteiger partial charge in [-0.2, -0.15) is 31.6 Å². The molecule has 0 atom stereocenters. The normalized spacial score (nSPS) is 12.2. The number of nitrogens with zero attached hydrogens (tertiary/aromatic N) is 3. The van der Waals surface area contributed by atoms with Crippen molar-refractivity contribution in [2.24, 2.45) is 0 Å².